The number of carbonyl (C=O) groups is 1. The van der Waals surface area contributed by atoms with Crippen LogP contribution < -0.4 is 5.32 Å². The number of alkyl halides is 3. The smallest absolute Gasteiger partial charge is 0.380 e. The van der Waals surface area contributed by atoms with Crippen molar-refractivity contribution < 1.29 is 27.3 Å². The van der Waals surface area contributed by atoms with Crippen LogP contribution in [-0.2, 0) is 21.8 Å². The van der Waals surface area contributed by atoms with Crippen LogP contribution >= 0.6 is 0 Å². The molecule has 0 saturated carbocycles. The summed E-state index contributed by atoms with van der Waals surface area (Å²) >= 11 is 0. The van der Waals surface area contributed by atoms with E-state index >= 15 is 0 Å². The number of nitrogens with zero attached hydrogens (tertiary/aromatic N) is 1. The summed E-state index contributed by atoms with van der Waals surface area (Å²) in [4.78, 5) is 12.4. The van der Waals surface area contributed by atoms with E-state index in [9.17, 15) is 27.3 Å². The van der Waals surface area contributed by atoms with Crippen LogP contribution in [0.15, 0.2) is 18.2 Å². The zero-order valence-corrected chi connectivity index (χ0v) is 21.0. The fourth-order valence-electron chi connectivity index (χ4n) is 3.56. The molecule has 1 aromatic rings. The van der Waals surface area contributed by atoms with Gasteiger partial charge in [-0.1, -0.05) is 58.3 Å². The van der Waals surface area contributed by atoms with Gasteiger partial charge >= 0.3 is 6.18 Å². The summed E-state index contributed by atoms with van der Waals surface area (Å²) in [6.45, 7) is 3.48. The Kier molecular flexibility index (Phi) is 13.4. The van der Waals surface area contributed by atoms with E-state index < -0.39 is 39.6 Å². The molecule has 0 saturated heterocycles. The number of amides is 1. The summed E-state index contributed by atoms with van der Waals surface area (Å²) in [5, 5.41) is 21.6. The average molecular weight is 503 g/mol. The Morgan fingerprint density at radius 2 is 1.59 bits per heavy atom. The predicted octanol–water partition coefficient (Wildman–Crippen LogP) is 6.33. The number of hydrogen-bond acceptors (Lipinski definition) is 4. The number of aliphatic hydroxyl groups is 1. The largest absolute Gasteiger partial charge is 0.417 e. The minimum absolute atomic E-state index is 0.122. The third kappa shape index (κ3) is 11.5. The van der Waals surface area contributed by atoms with Gasteiger partial charge < -0.3 is 10.4 Å². The summed E-state index contributed by atoms with van der Waals surface area (Å²) in [6.07, 6.45) is 5.29. The van der Waals surface area contributed by atoms with Gasteiger partial charge in [-0.2, -0.15) is 18.4 Å². The van der Waals surface area contributed by atoms with Crippen molar-refractivity contribution >= 4 is 22.4 Å². The second-order valence-electron chi connectivity index (χ2n) is 8.88. The molecule has 0 fully saturated rings. The SMILES string of the molecule is CCCCCS(=O)CCCCCCCCC[C@](C)(O)C(=O)Nc1ccc(C#N)c(C(F)(F)F)c1. The summed E-state index contributed by atoms with van der Waals surface area (Å²) in [5.41, 5.74) is -3.50. The molecule has 0 bridgehead atoms. The van der Waals surface area contributed by atoms with Gasteiger partial charge in [0.15, 0.2) is 0 Å². The van der Waals surface area contributed by atoms with Crippen molar-refractivity contribution in [3.8, 4) is 6.07 Å². The molecule has 1 aromatic carbocycles. The Bertz CT molecular complexity index is 836. The summed E-state index contributed by atoms with van der Waals surface area (Å²) in [7, 11) is -0.704. The van der Waals surface area contributed by atoms with Crippen LogP contribution in [0, 0.1) is 11.3 Å². The first-order chi connectivity index (χ1) is 16.0. The zero-order chi connectivity index (χ0) is 25.6. The molecule has 0 spiro atoms. The number of anilines is 1. The number of rotatable bonds is 16. The molecule has 0 aliphatic heterocycles. The highest BCUT2D eigenvalue weighted by Crippen LogP contribution is 2.33. The van der Waals surface area contributed by atoms with E-state index in [2.05, 4.69) is 12.2 Å². The number of benzene rings is 1. The van der Waals surface area contributed by atoms with Crippen LogP contribution in [0.4, 0.5) is 18.9 Å². The molecule has 0 heterocycles. The molecule has 192 valence electrons. The van der Waals surface area contributed by atoms with Crippen LogP contribution in [0.2, 0.25) is 0 Å². The van der Waals surface area contributed by atoms with Crippen molar-refractivity contribution in [3.63, 3.8) is 0 Å². The molecule has 0 aliphatic rings. The molecule has 0 aromatic heterocycles. The Balaban J connectivity index is 2.30. The molecular weight excluding hydrogens is 465 g/mol. The lowest BCUT2D eigenvalue weighted by atomic mass is 9.96. The number of nitriles is 1. The topological polar surface area (TPSA) is 90.2 Å². The van der Waals surface area contributed by atoms with Gasteiger partial charge in [0.2, 0.25) is 0 Å². The van der Waals surface area contributed by atoms with E-state index in [1.807, 2.05) is 0 Å². The molecule has 0 aliphatic carbocycles. The maximum absolute atomic E-state index is 13.1. The quantitative estimate of drug-likeness (QED) is 0.259. The van der Waals surface area contributed by atoms with Crippen molar-refractivity contribution in [3.05, 3.63) is 29.3 Å². The molecule has 2 N–H and O–H groups in total. The Hall–Kier alpha value is -1.92. The second kappa shape index (κ2) is 15.2. The van der Waals surface area contributed by atoms with Crippen molar-refractivity contribution in [1.82, 2.24) is 0 Å². The summed E-state index contributed by atoms with van der Waals surface area (Å²) < 4.78 is 51.1. The first-order valence-corrected chi connectivity index (χ1v) is 13.5. The van der Waals surface area contributed by atoms with Gasteiger partial charge in [0.1, 0.15) is 5.60 Å². The van der Waals surface area contributed by atoms with Gasteiger partial charge in [-0.05, 0) is 44.4 Å². The standard InChI is InChI=1S/C25H37F3N2O3S/c1-3-4-11-16-34(33)17-12-9-7-5-6-8-10-15-24(2,32)23(31)30-21-14-13-20(19-29)22(18-21)25(26,27)28/h13-14,18,32H,3-12,15-17H2,1-2H3,(H,30,31)/t24-,34?/m0/s1. The summed E-state index contributed by atoms with van der Waals surface area (Å²) in [6, 6.07) is 4.40. The molecule has 9 heteroatoms. The predicted molar refractivity (Wildman–Crippen MR) is 130 cm³/mol. The number of unbranched alkanes of at least 4 members (excludes halogenated alkanes) is 8. The van der Waals surface area contributed by atoms with E-state index in [0.29, 0.717) is 12.5 Å². The highest BCUT2D eigenvalue weighted by Gasteiger charge is 2.35. The normalized spacial score (nSPS) is 14.3. The van der Waals surface area contributed by atoms with Crippen LogP contribution in [0.25, 0.3) is 0 Å². The Morgan fingerprint density at radius 1 is 1.03 bits per heavy atom. The summed E-state index contributed by atoms with van der Waals surface area (Å²) in [5.74, 6) is 0.791. The molecular formula is C25H37F3N2O3S. The number of carbonyl (C=O) groups excluding carboxylic acids is 1. The van der Waals surface area contributed by atoms with Crippen LogP contribution in [0.3, 0.4) is 0 Å². The lowest BCUT2D eigenvalue weighted by Crippen LogP contribution is -2.40. The van der Waals surface area contributed by atoms with E-state index in [4.69, 9.17) is 5.26 Å². The molecule has 1 unspecified atom stereocenters. The highest BCUT2D eigenvalue weighted by atomic mass is 32.2. The highest BCUT2D eigenvalue weighted by molar-refractivity contribution is 7.84. The van der Waals surface area contributed by atoms with Crippen molar-refractivity contribution in [2.45, 2.75) is 96.3 Å². The number of hydrogen-bond donors (Lipinski definition) is 2. The van der Waals surface area contributed by atoms with E-state index in [-0.39, 0.29) is 12.1 Å². The van der Waals surface area contributed by atoms with E-state index in [1.165, 1.54) is 19.1 Å². The van der Waals surface area contributed by atoms with Crippen molar-refractivity contribution in [2.75, 3.05) is 16.8 Å². The fourth-order valence-corrected chi connectivity index (χ4v) is 4.82. The average Bonchev–Trinajstić information content (AvgIpc) is 2.77. The minimum Gasteiger partial charge on any atom is -0.380 e. The third-order valence-corrected chi connectivity index (χ3v) is 7.19. The second-order valence-corrected chi connectivity index (χ2v) is 10.6. The van der Waals surface area contributed by atoms with Crippen molar-refractivity contribution in [1.29, 1.82) is 5.26 Å². The molecule has 1 rings (SSSR count). The maximum Gasteiger partial charge on any atom is 0.417 e. The lowest BCUT2D eigenvalue weighted by molar-refractivity contribution is -0.138. The van der Waals surface area contributed by atoms with Gasteiger partial charge in [-0.3, -0.25) is 9.00 Å². The number of halogens is 3. The van der Waals surface area contributed by atoms with Gasteiger partial charge in [-0.25, -0.2) is 0 Å². The van der Waals surface area contributed by atoms with Gasteiger partial charge in [-0.15, -0.1) is 0 Å². The van der Waals surface area contributed by atoms with Gasteiger partial charge in [0.05, 0.1) is 17.2 Å². The first kappa shape index (κ1) is 30.1. The molecule has 5 nitrogen and oxygen atoms in total. The maximum atomic E-state index is 13.1. The van der Waals surface area contributed by atoms with E-state index in [0.717, 1.165) is 75.4 Å². The van der Waals surface area contributed by atoms with Crippen LogP contribution in [0.5, 0.6) is 0 Å². The minimum atomic E-state index is -4.72. The van der Waals surface area contributed by atoms with Gasteiger partial charge in [0, 0.05) is 28.0 Å². The Morgan fingerprint density at radius 3 is 2.15 bits per heavy atom. The fraction of sp³-hybridized carbons (Fsp3) is 0.680. The Labute approximate surface area is 203 Å². The zero-order valence-electron chi connectivity index (χ0n) is 20.2. The van der Waals surface area contributed by atoms with Crippen molar-refractivity contribution in [2.24, 2.45) is 0 Å². The molecule has 0 radical (unpaired) electrons. The molecule has 1 amide bonds. The van der Waals surface area contributed by atoms with Crippen LogP contribution in [0.1, 0.15) is 95.6 Å². The monoisotopic (exact) mass is 502 g/mol. The van der Waals surface area contributed by atoms with E-state index in [1.54, 1.807) is 0 Å². The van der Waals surface area contributed by atoms with Crippen LogP contribution in [-0.4, -0.2) is 32.3 Å². The first-order valence-electron chi connectivity index (χ1n) is 12.0. The molecule has 34 heavy (non-hydrogen) atoms. The number of nitrogens with one attached hydrogen (secondary N) is 1. The van der Waals surface area contributed by atoms with Gasteiger partial charge in [0.25, 0.3) is 5.91 Å². The third-order valence-electron chi connectivity index (χ3n) is 5.70. The molecule has 2 atom stereocenters. The lowest BCUT2D eigenvalue weighted by Gasteiger charge is -2.22.